The Balaban J connectivity index is 1.67. The first-order valence-corrected chi connectivity index (χ1v) is 14.0. The maximum atomic E-state index is 15.2. The van der Waals surface area contributed by atoms with Crippen molar-refractivity contribution in [2.24, 2.45) is 0 Å². The fraction of sp³-hybridized carbons (Fsp3) is 0.267. The Bertz CT molecular complexity index is 1590. The average Bonchev–Trinajstić information content (AvgIpc) is 3.27. The standard InChI is InChI=1S/C30H28F3N5O2S/c1-30(2,3)28-26-27(22-12-9-19(32)14-23(22)33)41-17-25(40)37(16-24(39)35-15-20-6-4-5-13-34-20)29(26)38(36-28)21-10-7-18(31)8-11-21/h4-14,27H,15-17H2,1-3H3,(H,35,39). The number of nitrogens with zero attached hydrogens (tertiary/aromatic N) is 4. The van der Waals surface area contributed by atoms with Gasteiger partial charge in [0, 0.05) is 28.8 Å². The molecule has 1 N–H and O–H groups in total. The molecule has 11 heteroatoms. The number of nitrogens with one attached hydrogen (secondary N) is 1. The quantitative estimate of drug-likeness (QED) is 0.328. The molecule has 0 fully saturated rings. The number of amides is 2. The van der Waals surface area contributed by atoms with Crippen molar-refractivity contribution < 1.29 is 22.8 Å². The third-order valence-corrected chi connectivity index (χ3v) is 7.85. The molecule has 0 saturated heterocycles. The van der Waals surface area contributed by atoms with Gasteiger partial charge in [-0.2, -0.15) is 5.10 Å². The van der Waals surface area contributed by atoms with Gasteiger partial charge in [-0.15, -0.1) is 11.8 Å². The summed E-state index contributed by atoms with van der Waals surface area (Å²) in [6.07, 6.45) is 1.62. The van der Waals surface area contributed by atoms with Crippen LogP contribution in [0.15, 0.2) is 66.9 Å². The van der Waals surface area contributed by atoms with Gasteiger partial charge in [0.05, 0.1) is 34.6 Å². The Kier molecular flexibility index (Phi) is 7.90. The van der Waals surface area contributed by atoms with Crippen LogP contribution in [0.5, 0.6) is 0 Å². The molecule has 4 aromatic rings. The van der Waals surface area contributed by atoms with Crippen molar-refractivity contribution in [3.8, 4) is 5.69 Å². The molecule has 1 aliphatic rings. The molecular weight excluding hydrogens is 551 g/mol. The Labute approximate surface area is 239 Å². The molecule has 2 amide bonds. The van der Waals surface area contributed by atoms with Crippen LogP contribution in [0.25, 0.3) is 5.69 Å². The molecule has 0 radical (unpaired) electrons. The highest BCUT2D eigenvalue weighted by Crippen LogP contribution is 2.49. The van der Waals surface area contributed by atoms with Crippen LogP contribution in [0.3, 0.4) is 0 Å². The van der Waals surface area contributed by atoms with E-state index in [1.165, 1.54) is 57.7 Å². The SMILES string of the molecule is CC(C)(C)c1nn(-c2ccc(F)cc2)c2c1C(c1ccc(F)cc1F)SCC(=O)N2CC(=O)NCc1ccccn1. The minimum absolute atomic E-state index is 0.0727. The van der Waals surface area contributed by atoms with Crippen LogP contribution in [0.2, 0.25) is 0 Å². The second kappa shape index (κ2) is 11.4. The monoisotopic (exact) mass is 579 g/mol. The number of benzene rings is 2. The third kappa shape index (κ3) is 6.00. The summed E-state index contributed by atoms with van der Waals surface area (Å²) in [5.41, 5.74) is 1.81. The Morgan fingerprint density at radius 2 is 1.78 bits per heavy atom. The fourth-order valence-corrected chi connectivity index (χ4v) is 5.91. The number of pyridine rings is 1. The van der Waals surface area contributed by atoms with Gasteiger partial charge >= 0.3 is 0 Å². The lowest BCUT2D eigenvalue weighted by atomic mass is 9.87. The van der Waals surface area contributed by atoms with Crippen molar-refractivity contribution in [1.29, 1.82) is 0 Å². The normalized spacial score (nSPS) is 15.4. The van der Waals surface area contributed by atoms with Gasteiger partial charge in [-0.05, 0) is 42.5 Å². The molecule has 1 aliphatic heterocycles. The Morgan fingerprint density at radius 1 is 1.05 bits per heavy atom. The molecule has 5 rings (SSSR count). The number of thioether (sulfide) groups is 1. The lowest BCUT2D eigenvalue weighted by Gasteiger charge is -2.24. The van der Waals surface area contributed by atoms with Crippen LogP contribution in [0.1, 0.15) is 48.5 Å². The van der Waals surface area contributed by atoms with Gasteiger partial charge in [-0.1, -0.05) is 32.9 Å². The van der Waals surface area contributed by atoms with E-state index in [1.54, 1.807) is 24.4 Å². The lowest BCUT2D eigenvalue weighted by Crippen LogP contribution is -2.42. The van der Waals surface area contributed by atoms with E-state index >= 15 is 4.39 Å². The van der Waals surface area contributed by atoms with Crippen molar-refractivity contribution in [3.63, 3.8) is 0 Å². The molecule has 7 nitrogen and oxygen atoms in total. The van der Waals surface area contributed by atoms with E-state index in [9.17, 15) is 18.4 Å². The number of anilines is 1. The molecule has 2 aromatic carbocycles. The number of halogens is 3. The van der Waals surface area contributed by atoms with Gasteiger partial charge in [0.1, 0.15) is 29.8 Å². The van der Waals surface area contributed by atoms with Crippen LogP contribution in [0, 0.1) is 17.5 Å². The molecule has 0 aliphatic carbocycles. The topological polar surface area (TPSA) is 80.1 Å². The van der Waals surface area contributed by atoms with E-state index in [4.69, 9.17) is 5.10 Å². The summed E-state index contributed by atoms with van der Waals surface area (Å²) in [4.78, 5) is 32.4. The van der Waals surface area contributed by atoms with Crippen LogP contribution in [0.4, 0.5) is 19.0 Å². The summed E-state index contributed by atoms with van der Waals surface area (Å²) < 4.78 is 44.5. The minimum Gasteiger partial charge on any atom is -0.349 e. The molecule has 41 heavy (non-hydrogen) atoms. The van der Waals surface area contributed by atoms with Gasteiger partial charge in [0.2, 0.25) is 11.8 Å². The maximum Gasteiger partial charge on any atom is 0.240 e. The summed E-state index contributed by atoms with van der Waals surface area (Å²) in [6.45, 7) is 5.63. The third-order valence-electron chi connectivity index (χ3n) is 6.61. The zero-order valence-corrected chi connectivity index (χ0v) is 23.5. The summed E-state index contributed by atoms with van der Waals surface area (Å²) in [6, 6.07) is 14.3. The molecule has 212 valence electrons. The Hall–Kier alpha value is -4.12. The van der Waals surface area contributed by atoms with E-state index in [2.05, 4.69) is 10.3 Å². The maximum absolute atomic E-state index is 15.2. The van der Waals surface area contributed by atoms with Crippen molar-refractivity contribution >= 4 is 29.4 Å². The number of aromatic nitrogens is 3. The van der Waals surface area contributed by atoms with Gasteiger partial charge in [0.25, 0.3) is 0 Å². The molecule has 1 atom stereocenters. The predicted molar refractivity (Wildman–Crippen MR) is 151 cm³/mol. The van der Waals surface area contributed by atoms with E-state index in [-0.39, 0.29) is 30.2 Å². The summed E-state index contributed by atoms with van der Waals surface area (Å²) in [5, 5.41) is 6.92. The molecular formula is C30H28F3N5O2S. The molecule has 1 unspecified atom stereocenters. The number of hydrogen-bond acceptors (Lipinski definition) is 5. The smallest absolute Gasteiger partial charge is 0.240 e. The zero-order valence-electron chi connectivity index (χ0n) is 22.7. The van der Waals surface area contributed by atoms with Gasteiger partial charge in [-0.3, -0.25) is 19.5 Å². The van der Waals surface area contributed by atoms with E-state index in [0.717, 1.165) is 6.07 Å². The van der Waals surface area contributed by atoms with Crippen LogP contribution in [-0.2, 0) is 21.5 Å². The molecule has 0 spiro atoms. The van der Waals surface area contributed by atoms with Gasteiger partial charge < -0.3 is 5.32 Å². The number of carbonyl (C=O) groups excluding carboxylic acids is 2. The Morgan fingerprint density at radius 3 is 2.44 bits per heavy atom. The second-order valence-electron chi connectivity index (χ2n) is 10.7. The molecule has 3 heterocycles. The highest BCUT2D eigenvalue weighted by molar-refractivity contribution is 8.00. The molecule has 2 aromatic heterocycles. The number of fused-ring (bicyclic) bond motifs is 1. The van der Waals surface area contributed by atoms with Crippen LogP contribution >= 0.6 is 11.8 Å². The number of carbonyl (C=O) groups is 2. The van der Waals surface area contributed by atoms with Crippen molar-refractivity contribution in [1.82, 2.24) is 20.1 Å². The second-order valence-corrected chi connectivity index (χ2v) is 11.8. The average molecular weight is 580 g/mol. The largest absolute Gasteiger partial charge is 0.349 e. The lowest BCUT2D eigenvalue weighted by molar-refractivity contribution is -0.123. The van der Waals surface area contributed by atoms with Crippen molar-refractivity contribution in [3.05, 3.63) is 107 Å². The minimum atomic E-state index is -0.753. The highest BCUT2D eigenvalue weighted by Gasteiger charge is 2.40. The van der Waals surface area contributed by atoms with Crippen LogP contribution in [-0.4, -0.2) is 38.9 Å². The summed E-state index contributed by atoms with van der Waals surface area (Å²) in [7, 11) is 0. The van der Waals surface area contributed by atoms with Crippen molar-refractivity contribution in [2.75, 3.05) is 17.2 Å². The van der Waals surface area contributed by atoms with E-state index in [1.807, 2.05) is 20.8 Å². The highest BCUT2D eigenvalue weighted by atomic mass is 32.2. The number of rotatable bonds is 6. The van der Waals surface area contributed by atoms with Crippen LogP contribution < -0.4 is 10.2 Å². The number of hydrogen-bond donors (Lipinski definition) is 1. The van der Waals surface area contributed by atoms with Crippen molar-refractivity contribution in [2.45, 2.75) is 38.0 Å². The van der Waals surface area contributed by atoms with E-state index in [0.29, 0.717) is 22.6 Å². The first-order chi connectivity index (χ1) is 19.5. The summed E-state index contributed by atoms with van der Waals surface area (Å²) >= 11 is 1.18. The first-order valence-electron chi connectivity index (χ1n) is 13.0. The zero-order chi connectivity index (χ0) is 29.3. The first kappa shape index (κ1) is 28.4. The molecule has 0 bridgehead atoms. The molecule has 0 saturated carbocycles. The summed E-state index contributed by atoms with van der Waals surface area (Å²) in [5.74, 6) is -2.54. The predicted octanol–water partition coefficient (Wildman–Crippen LogP) is 5.47. The van der Waals surface area contributed by atoms with Gasteiger partial charge in [0.15, 0.2) is 0 Å². The fourth-order valence-electron chi connectivity index (χ4n) is 4.69. The van der Waals surface area contributed by atoms with E-state index < -0.39 is 39.9 Å². The van der Waals surface area contributed by atoms with Gasteiger partial charge in [-0.25, -0.2) is 17.9 Å².